The molecule has 52 heavy (non-hydrogen) atoms. The van der Waals surface area contributed by atoms with Crippen LogP contribution in [0.15, 0.2) is 175 Å². The van der Waals surface area contributed by atoms with E-state index >= 15 is 0 Å². The van der Waals surface area contributed by atoms with Crippen molar-refractivity contribution in [2.75, 3.05) is 4.90 Å². The van der Waals surface area contributed by atoms with Crippen LogP contribution in [0.25, 0.3) is 77.5 Å². The molecular weight excluding hydrogens is 641 g/mol. The molecule has 0 radical (unpaired) electrons. The van der Waals surface area contributed by atoms with Crippen LogP contribution in [0.5, 0.6) is 0 Å². The molecule has 0 saturated heterocycles. The van der Waals surface area contributed by atoms with Gasteiger partial charge in [-0.25, -0.2) is 4.98 Å². The molecule has 0 fully saturated rings. The smallest absolute Gasteiger partial charge is 0.227 e. The Morgan fingerprint density at radius 2 is 0.788 bits per heavy atom. The first-order valence-corrected chi connectivity index (χ1v) is 17.0. The summed E-state index contributed by atoms with van der Waals surface area (Å²) in [5, 5.41) is 2.09. The highest BCUT2D eigenvalue weighted by Crippen LogP contribution is 2.39. The number of furan rings is 1. The molecule has 0 spiro atoms. The predicted octanol–water partition coefficient (Wildman–Crippen LogP) is 11.3. The van der Waals surface area contributed by atoms with Gasteiger partial charge in [-0.1, -0.05) is 54.6 Å². The Kier molecular flexibility index (Phi) is 6.99. The third-order valence-corrected chi connectivity index (χ3v) is 9.56. The number of nitrogens with zero attached hydrogens (tertiary/aromatic N) is 6. The summed E-state index contributed by atoms with van der Waals surface area (Å²) in [6.07, 6.45) is 8.66. The summed E-state index contributed by atoms with van der Waals surface area (Å²) in [6, 6.07) is 48.8. The second-order valence-electron chi connectivity index (χ2n) is 12.7. The van der Waals surface area contributed by atoms with Gasteiger partial charge in [0.1, 0.15) is 5.58 Å². The van der Waals surface area contributed by atoms with Crippen molar-refractivity contribution in [1.29, 1.82) is 0 Å². The largest absolute Gasteiger partial charge is 0.438 e. The van der Waals surface area contributed by atoms with E-state index in [1.165, 1.54) is 0 Å². The van der Waals surface area contributed by atoms with Crippen LogP contribution in [0, 0.1) is 0 Å². The van der Waals surface area contributed by atoms with Crippen molar-refractivity contribution in [2.45, 2.75) is 0 Å². The summed E-state index contributed by atoms with van der Waals surface area (Å²) in [5.41, 5.74) is 14.7. The van der Waals surface area contributed by atoms with Crippen molar-refractivity contribution in [2.24, 2.45) is 0 Å². The van der Waals surface area contributed by atoms with Crippen molar-refractivity contribution in [3.05, 3.63) is 171 Å². The van der Waals surface area contributed by atoms with Gasteiger partial charge in [0.25, 0.3) is 0 Å². The van der Waals surface area contributed by atoms with E-state index in [2.05, 4.69) is 145 Å². The fraction of sp³-hybridized carbons (Fsp3) is 0. The average molecular weight is 669 g/mol. The van der Waals surface area contributed by atoms with Crippen molar-refractivity contribution in [1.82, 2.24) is 24.9 Å². The van der Waals surface area contributed by atoms with Gasteiger partial charge in [-0.3, -0.25) is 19.9 Å². The molecule has 6 aromatic carbocycles. The second-order valence-corrected chi connectivity index (χ2v) is 12.7. The molecule has 0 unspecified atom stereocenters. The first-order valence-electron chi connectivity index (χ1n) is 17.0. The van der Waals surface area contributed by atoms with Crippen molar-refractivity contribution >= 4 is 61.2 Å². The Hall–Kier alpha value is -7.25. The number of rotatable bonds is 6. The third-order valence-electron chi connectivity index (χ3n) is 9.56. The molecule has 0 aliphatic heterocycles. The fourth-order valence-corrected chi connectivity index (χ4v) is 6.93. The van der Waals surface area contributed by atoms with Crippen LogP contribution in [0.3, 0.4) is 0 Å². The Bertz CT molecular complexity index is 2780. The van der Waals surface area contributed by atoms with Gasteiger partial charge in [-0.15, -0.1) is 0 Å². The summed E-state index contributed by atoms with van der Waals surface area (Å²) in [7, 11) is 0. The standard InChI is InChI=1S/C45H28N6O/c1-2-39-38-18-9-34(28-44(38)52-45(39)50-21-1)31-7-16-37(17-8-31)51(35-12-3-29(4-13-35)32-10-19-40-42(26-32)48-24-22-46-40)36-14-5-30(6-15-36)33-11-20-41-43(27-33)49-25-23-47-41/h1-28H. The number of hydrogen-bond donors (Lipinski definition) is 0. The van der Waals surface area contributed by atoms with Gasteiger partial charge in [-0.2, -0.15) is 0 Å². The van der Waals surface area contributed by atoms with Gasteiger partial charge >= 0.3 is 0 Å². The van der Waals surface area contributed by atoms with E-state index in [0.29, 0.717) is 5.71 Å². The second kappa shape index (κ2) is 12.3. The van der Waals surface area contributed by atoms with Crippen LogP contribution in [0.2, 0.25) is 0 Å². The van der Waals surface area contributed by atoms with Crippen LogP contribution >= 0.6 is 0 Å². The molecule has 7 nitrogen and oxygen atoms in total. The van der Waals surface area contributed by atoms with E-state index in [1.54, 1.807) is 31.0 Å². The SMILES string of the molecule is c1cnc2oc3cc(-c4ccc(N(c5ccc(-c6ccc7nccnc7c6)cc5)c5ccc(-c6ccc7nccnc7c6)cc5)cc4)ccc3c2c1. The van der Waals surface area contributed by atoms with Gasteiger partial charge in [0.05, 0.1) is 22.1 Å². The zero-order chi connectivity index (χ0) is 34.4. The number of anilines is 3. The molecule has 0 atom stereocenters. The number of benzene rings is 6. The van der Waals surface area contributed by atoms with E-state index in [0.717, 1.165) is 88.9 Å². The highest BCUT2D eigenvalue weighted by atomic mass is 16.3. The van der Waals surface area contributed by atoms with Crippen LogP contribution < -0.4 is 4.90 Å². The molecule has 0 aliphatic carbocycles. The predicted molar refractivity (Wildman–Crippen MR) is 209 cm³/mol. The number of fused-ring (bicyclic) bond motifs is 5. The molecule has 10 rings (SSSR count). The van der Waals surface area contributed by atoms with Crippen molar-refractivity contribution in [3.63, 3.8) is 0 Å². The molecule has 0 amide bonds. The van der Waals surface area contributed by atoms with E-state index < -0.39 is 0 Å². The zero-order valence-electron chi connectivity index (χ0n) is 27.8. The summed E-state index contributed by atoms with van der Waals surface area (Å²) < 4.78 is 6.09. The quantitative estimate of drug-likeness (QED) is 0.174. The molecule has 0 N–H and O–H groups in total. The lowest BCUT2D eigenvalue weighted by Gasteiger charge is -2.26. The molecule has 0 aliphatic rings. The topological polar surface area (TPSA) is 80.8 Å². The van der Waals surface area contributed by atoms with Crippen molar-refractivity contribution < 1.29 is 4.42 Å². The van der Waals surface area contributed by atoms with E-state index in [4.69, 9.17) is 4.42 Å². The summed E-state index contributed by atoms with van der Waals surface area (Å²) >= 11 is 0. The third kappa shape index (κ3) is 5.28. The first kappa shape index (κ1) is 29.6. The molecule has 0 bridgehead atoms. The Balaban J connectivity index is 1.02. The minimum Gasteiger partial charge on any atom is -0.438 e. The summed E-state index contributed by atoms with van der Waals surface area (Å²) in [5.74, 6) is 0. The molecule has 10 aromatic rings. The van der Waals surface area contributed by atoms with Gasteiger partial charge < -0.3 is 9.32 Å². The molecule has 4 aromatic heterocycles. The number of pyridine rings is 1. The highest BCUT2D eigenvalue weighted by Gasteiger charge is 2.15. The lowest BCUT2D eigenvalue weighted by atomic mass is 10.0. The van der Waals surface area contributed by atoms with Gasteiger partial charge in [0.15, 0.2) is 0 Å². The minimum absolute atomic E-state index is 0.654. The molecule has 7 heteroatoms. The maximum absolute atomic E-state index is 6.09. The van der Waals surface area contributed by atoms with E-state index in [-0.39, 0.29) is 0 Å². The maximum Gasteiger partial charge on any atom is 0.227 e. The lowest BCUT2D eigenvalue weighted by molar-refractivity contribution is 0.654. The van der Waals surface area contributed by atoms with Gasteiger partial charge in [-0.05, 0) is 118 Å². The van der Waals surface area contributed by atoms with Crippen LogP contribution in [0.4, 0.5) is 17.1 Å². The van der Waals surface area contributed by atoms with Crippen LogP contribution in [-0.2, 0) is 0 Å². The monoisotopic (exact) mass is 668 g/mol. The van der Waals surface area contributed by atoms with Crippen molar-refractivity contribution in [3.8, 4) is 33.4 Å². The molecular formula is C45H28N6O. The first-order chi connectivity index (χ1) is 25.7. The normalized spacial score (nSPS) is 11.5. The zero-order valence-corrected chi connectivity index (χ0v) is 27.8. The van der Waals surface area contributed by atoms with Crippen LogP contribution in [0.1, 0.15) is 0 Å². The number of aromatic nitrogens is 5. The minimum atomic E-state index is 0.654. The molecule has 0 saturated carbocycles. The Morgan fingerprint density at radius 1 is 0.346 bits per heavy atom. The molecule has 244 valence electrons. The number of hydrogen-bond acceptors (Lipinski definition) is 7. The van der Waals surface area contributed by atoms with Crippen LogP contribution in [-0.4, -0.2) is 24.9 Å². The average Bonchev–Trinajstić information content (AvgIpc) is 3.59. The Morgan fingerprint density at radius 3 is 1.31 bits per heavy atom. The Labute approximate surface area is 298 Å². The van der Waals surface area contributed by atoms with Gasteiger partial charge in [0, 0.05) is 58.8 Å². The summed E-state index contributed by atoms with van der Waals surface area (Å²) in [6.45, 7) is 0. The fourth-order valence-electron chi connectivity index (χ4n) is 6.93. The summed E-state index contributed by atoms with van der Waals surface area (Å²) in [4.78, 5) is 24.5. The maximum atomic E-state index is 6.09. The lowest BCUT2D eigenvalue weighted by Crippen LogP contribution is -2.09. The molecule has 4 heterocycles. The highest BCUT2D eigenvalue weighted by molar-refractivity contribution is 6.04. The van der Waals surface area contributed by atoms with Gasteiger partial charge in [0.2, 0.25) is 5.71 Å². The van der Waals surface area contributed by atoms with E-state index in [1.807, 2.05) is 24.3 Å². The van der Waals surface area contributed by atoms with E-state index in [9.17, 15) is 0 Å².